The highest BCUT2D eigenvalue weighted by atomic mass is 35.5. The van der Waals surface area contributed by atoms with Gasteiger partial charge in [-0.25, -0.2) is 0 Å². The van der Waals surface area contributed by atoms with Crippen LogP contribution in [0.1, 0.15) is 38.2 Å². The predicted octanol–water partition coefficient (Wildman–Crippen LogP) is 0.753. The lowest BCUT2D eigenvalue weighted by molar-refractivity contribution is -0.146. The number of hydrogen-bond donors (Lipinski definition) is 3. The molecule has 2 aliphatic heterocycles. The number of rotatable bonds is 6. The third-order valence-electron chi connectivity index (χ3n) is 5.43. The van der Waals surface area contributed by atoms with Crippen molar-refractivity contribution >= 4 is 30.1 Å². The Kier molecular flexibility index (Phi) is 7.83. The van der Waals surface area contributed by atoms with Crippen molar-refractivity contribution in [1.29, 1.82) is 0 Å². The Labute approximate surface area is 171 Å². The van der Waals surface area contributed by atoms with Crippen LogP contribution in [0.4, 0.5) is 0 Å². The van der Waals surface area contributed by atoms with Crippen LogP contribution in [0.25, 0.3) is 0 Å². The number of fused-ring (bicyclic) bond motifs is 1. The van der Waals surface area contributed by atoms with E-state index in [0.717, 1.165) is 24.8 Å². The van der Waals surface area contributed by atoms with Crippen molar-refractivity contribution in [2.45, 2.75) is 63.2 Å². The molecule has 1 unspecified atom stereocenters. The molecule has 0 radical (unpaired) electrons. The number of halogens is 1. The summed E-state index contributed by atoms with van der Waals surface area (Å²) < 4.78 is 0. The Morgan fingerprint density at radius 2 is 1.86 bits per heavy atom. The Morgan fingerprint density at radius 1 is 1.18 bits per heavy atom. The molecule has 2 fully saturated rings. The number of benzene rings is 1. The van der Waals surface area contributed by atoms with Crippen molar-refractivity contribution in [3.63, 3.8) is 0 Å². The van der Waals surface area contributed by atoms with Crippen LogP contribution in [-0.4, -0.2) is 53.3 Å². The summed E-state index contributed by atoms with van der Waals surface area (Å²) in [6.07, 6.45) is 3.64. The number of amides is 3. The number of carbonyl (C=O) groups is 3. The van der Waals surface area contributed by atoms with Gasteiger partial charge in [-0.2, -0.15) is 0 Å². The van der Waals surface area contributed by atoms with E-state index in [1.807, 2.05) is 30.3 Å². The molecule has 0 bridgehead atoms. The van der Waals surface area contributed by atoms with E-state index < -0.39 is 18.1 Å². The van der Waals surface area contributed by atoms with E-state index in [4.69, 9.17) is 5.73 Å². The normalized spacial score (nSPS) is 24.7. The van der Waals surface area contributed by atoms with Crippen LogP contribution >= 0.6 is 12.4 Å². The molecule has 0 aromatic heterocycles. The first kappa shape index (κ1) is 22.2. The van der Waals surface area contributed by atoms with Gasteiger partial charge in [0, 0.05) is 12.6 Å². The Morgan fingerprint density at radius 3 is 2.54 bits per heavy atom. The number of piperidine rings is 1. The highest BCUT2D eigenvalue weighted by molar-refractivity contribution is 5.94. The molecule has 3 amide bonds. The second-order valence-electron chi connectivity index (χ2n) is 7.45. The minimum atomic E-state index is -0.661. The van der Waals surface area contributed by atoms with Gasteiger partial charge in [-0.1, -0.05) is 30.3 Å². The van der Waals surface area contributed by atoms with E-state index in [-0.39, 0.29) is 36.2 Å². The zero-order chi connectivity index (χ0) is 19.4. The van der Waals surface area contributed by atoms with E-state index in [2.05, 4.69) is 10.6 Å². The van der Waals surface area contributed by atoms with Gasteiger partial charge in [0.2, 0.25) is 17.7 Å². The van der Waals surface area contributed by atoms with Crippen molar-refractivity contribution in [3.8, 4) is 0 Å². The van der Waals surface area contributed by atoms with E-state index in [0.29, 0.717) is 19.4 Å². The lowest BCUT2D eigenvalue weighted by atomic mass is 9.97. The molecule has 4 atom stereocenters. The van der Waals surface area contributed by atoms with Crippen LogP contribution < -0.4 is 16.4 Å². The third-order valence-corrected chi connectivity index (χ3v) is 5.43. The summed E-state index contributed by atoms with van der Waals surface area (Å²) in [6, 6.07) is 8.35. The molecule has 1 aromatic carbocycles. The van der Waals surface area contributed by atoms with Gasteiger partial charge in [-0.3, -0.25) is 14.4 Å². The highest BCUT2D eigenvalue weighted by Gasteiger charge is 2.46. The molecule has 2 saturated heterocycles. The predicted molar refractivity (Wildman–Crippen MR) is 109 cm³/mol. The number of hydrogen-bond acceptors (Lipinski definition) is 4. The van der Waals surface area contributed by atoms with Crippen LogP contribution in [0.5, 0.6) is 0 Å². The van der Waals surface area contributed by atoms with Crippen LogP contribution in [0.2, 0.25) is 0 Å². The number of nitrogens with one attached hydrogen (secondary N) is 2. The molecule has 0 spiro atoms. The van der Waals surface area contributed by atoms with Gasteiger partial charge < -0.3 is 21.3 Å². The van der Waals surface area contributed by atoms with Crippen molar-refractivity contribution in [1.82, 2.24) is 15.5 Å². The molecule has 2 aliphatic rings. The average Bonchev–Trinajstić information content (AvgIpc) is 3.09. The fourth-order valence-electron chi connectivity index (χ4n) is 3.95. The number of carbonyl (C=O) groups excluding carboxylic acids is 3. The monoisotopic (exact) mass is 408 g/mol. The summed E-state index contributed by atoms with van der Waals surface area (Å²) in [5.74, 6) is -0.614. The minimum Gasteiger partial charge on any atom is -0.354 e. The van der Waals surface area contributed by atoms with Crippen LogP contribution in [0, 0.1) is 0 Å². The van der Waals surface area contributed by atoms with Gasteiger partial charge in [-0.05, 0) is 44.6 Å². The molecule has 4 N–H and O–H groups in total. The zero-order valence-corrected chi connectivity index (χ0v) is 16.9. The molecule has 154 valence electrons. The molecule has 3 rings (SSSR count). The Hall–Kier alpha value is -2.12. The molecular weight excluding hydrogens is 380 g/mol. The SMILES string of the molecule is C[C@H](N)C(=O)NC1CC[C@H]2CC[C@@H](C(=O)NCCc3ccccc3)N2C1=O.Cl. The first-order chi connectivity index (χ1) is 13.0. The maximum atomic E-state index is 12.9. The molecule has 1 aromatic rings. The molecule has 7 nitrogen and oxygen atoms in total. The maximum Gasteiger partial charge on any atom is 0.246 e. The first-order valence-electron chi connectivity index (χ1n) is 9.67. The van der Waals surface area contributed by atoms with Gasteiger partial charge in [0.25, 0.3) is 0 Å². The number of nitrogens with zero attached hydrogens (tertiary/aromatic N) is 1. The topological polar surface area (TPSA) is 105 Å². The van der Waals surface area contributed by atoms with Gasteiger partial charge in [0.1, 0.15) is 12.1 Å². The summed E-state index contributed by atoms with van der Waals surface area (Å²) >= 11 is 0. The lowest BCUT2D eigenvalue weighted by Gasteiger charge is -2.38. The second kappa shape index (κ2) is 9.89. The van der Waals surface area contributed by atoms with Crippen LogP contribution in [-0.2, 0) is 20.8 Å². The molecule has 0 aliphatic carbocycles. The Balaban J connectivity index is 0.00000280. The standard InChI is InChI=1S/C20H28N4O3.ClH/c1-13(21)18(25)23-16-9-7-15-8-10-17(24(15)20(16)27)19(26)22-12-11-14-5-3-2-4-6-14;/h2-6,13,15-17H,7-12,21H2,1H3,(H,22,26)(H,23,25);1H/t13-,15-,16?,17-;/m0./s1. The fourth-order valence-corrected chi connectivity index (χ4v) is 3.95. The average molecular weight is 409 g/mol. The summed E-state index contributed by atoms with van der Waals surface area (Å²) in [6.45, 7) is 2.13. The van der Waals surface area contributed by atoms with Crippen molar-refractivity contribution in [3.05, 3.63) is 35.9 Å². The van der Waals surface area contributed by atoms with Gasteiger partial charge >= 0.3 is 0 Å². The van der Waals surface area contributed by atoms with Crippen LogP contribution in [0.3, 0.4) is 0 Å². The van der Waals surface area contributed by atoms with Gasteiger partial charge in [0.05, 0.1) is 6.04 Å². The zero-order valence-electron chi connectivity index (χ0n) is 16.1. The summed E-state index contributed by atoms with van der Waals surface area (Å²) in [7, 11) is 0. The lowest BCUT2D eigenvalue weighted by Crippen LogP contribution is -2.60. The van der Waals surface area contributed by atoms with Crippen molar-refractivity contribution in [2.24, 2.45) is 5.73 Å². The summed E-state index contributed by atoms with van der Waals surface area (Å²) in [5.41, 5.74) is 6.74. The van der Waals surface area contributed by atoms with Crippen molar-refractivity contribution in [2.75, 3.05) is 6.54 Å². The summed E-state index contributed by atoms with van der Waals surface area (Å²) in [5, 5.41) is 5.68. The molecule has 28 heavy (non-hydrogen) atoms. The minimum absolute atomic E-state index is 0. The molecule has 8 heteroatoms. The van der Waals surface area contributed by atoms with Crippen LogP contribution in [0.15, 0.2) is 30.3 Å². The van der Waals surface area contributed by atoms with E-state index >= 15 is 0 Å². The summed E-state index contributed by atoms with van der Waals surface area (Å²) in [4.78, 5) is 39.1. The van der Waals surface area contributed by atoms with Gasteiger partial charge in [-0.15, -0.1) is 12.4 Å². The highest BCUT2D eigenvalue weighted by Crippen LogP contribution is 2.32. The van der Waals surface area contributed by atoms with E-state index in [9.17, 15) is 14.4 Å². The first-order valence-corrected chi connectivity index (χ1v) is 9.67. The molecule has 0 saturated carbocycles. The smallest absolute Gasteiger partial charge is 0.246 e. The Bertz CT molecular complexity index is 698. The number of nitrogens with two attached hydrogens (primary N) is 1. The van der Waals surface area contributed by atoms with Crippen molar-refractivity contribution < 1.29 is 14.4 Å². The molecule has 2 heterocycles. The molecular formula is C20H29ClN4O3. The van der Waals surface area contributed by atoms with Gasteiger partial charge in [0.15, 0.2) is 0 Å². The third kappa shape index (κ3) is 5.02. The quantitative estimate of drug-likeness (QED) is 0.646. The maximum absolute atomic E-state index is 12.9. The fraction of sp³-hybridized carbons (Fsp3) is 0.550. The largest absolute Gasteiger partial charge is 0.354 e. The van der Waals surface area contributed by atoms with E-state index in [1.54, 1.807) is 11.8 Å². The van der Waals surface area contributed by atoms with E-state index in [1.165, 1.54) is 0 Å². The second-order valence-corrected chi connectivity index (χ2v) is 7.45.